The van der Waals surface area contributed by atoms with Crippen molar-refractivity contribution in [3.8, 4) is 11.5 Å². The van der Waals surface area contributed by atoms with Gasteiger partial charge in [-0.05, 0) is 55.8 Å². The van der Waals surface area contributed by atoms with E-state index in [1.54, 1.807) is 18.2 Å². The first-order valence-corrected chi connectivity index (χ1v) is 8.19. The minimum Gasteiger partial charge on any atom is -0.481 e. The molecule has 2 aromatic carbocycles. The fourth-order valence-corrected chi connectivity index (χ4v) is 2.58. The predicted molar refractivity (Wildman–Crippen MR) is 92.9 cm³/mol. The number of carboxylic acid groups (broad SMARTS) is 1. The molecule has 0 radical (unpaired) electrons. The van der Waals surface area contributed by atoms with Gasteiger partial charge in [0.05, 0.1) is 17.7 Å². The number of ether oxygens (including phenoxy) is 1. The third-order valence-electron chi connectivity index (χ3n) is 3.89. The number of anilines is 1. The molecule has 0 saturated heterocycles. The van der Waals surface area contributed by atoms with Crippen LogP contribution in [0.4, 0.5) is 18.9 Å². The number of nitrogens with zero attached hydrogens (tertiary/aromatic N) is 1. The van der Waals surface area contributed by atoms with Crippen LogP contribution in [0.15, 0.2) is 42.5 Å². The van der Waals surface area contributed by atoms with Crippen molar-refractivity contribution >= 4 is 11.7 Å². The Morgan fingerprint density at radius 2 is 1.69 bits per heavy atom. The number of halogens is 3. The summed E-state index contributed by atoms with van der Waals surface area (Å²) in [7, 11) is 0. The molecule has 0 bridgehead atoms. The summed E-state index contributed by atoms with van der Waals surface area (Å²) in [5, 5.41) is 8.97. The number of aliphatic carboxylic acids is 1. The van der Waals surface area contributed by atoms with E-state index in [1.165, 1.54) is 12.1 Å². The summed E-state index contributed by atoms with van der Waals surface area (Å²) in [6.07, 6.45) is -4.52. The standard InChI is InChI=1S/C19H20F3NO3/c1-3-23(4-2)16-11-13(12-18(24)25)5-10-17(16)26-15-8-6-14(7-9-15)19(20,21)22/h5-11H,3-4,12H2,1-2H3,(H,24,25). The van der Waals surface area contributed by atoms with Gasteiger partial charge in [-0.25, -0.2) is 0 Å². The molecule has 0 heterocycles. The molecule has 4 nitrogen and oxygen atoms in total. The Hall–Kier alpha value is -2.70. The fourth-order valence-electron chi connectivity index (χ4n) is 2.58. The lowest BCUT2D eigenvalue weighted by Crippen LogP contribution is -2.22. The minimum absolute atomic E-state index is 0.116. The lowest BCUT2D eigenvalue weighted by atomic mass is 10.1. The lowest BCUT2D eigenvalue weighted by Gasteiger charge is -2.24. The summed E-state index contributed by atoms with van der Waals surface area (Å²) in [4.78, 5) is 12.9. The van der Waals surface area contributed by atoms with Crippen molar-refractivity contribution in [1.29, 1.82) is 0 Å². The van der Waals surface area contributed by atoms with Crippen molar-refractivity contribution in [2.75, 3.05) is 18.0 Å². The van der Waals surface area contributed by atoms with Gasteiger partial charge in [0, 0.05) is 13.1 Å². The van der Waals surface area contributed by atoms with E-state index in [4.69, 9.17) is 9.84 Å². The Balaban J connectivity index is 2.33. The first-order chi connectivity index (χ1) is 12.2. The summed E-state index contributed by atoms with van der Waals surface area (Å²) in [6, 6.07) is 9.47. The topological polar surface area (TPSA) is 49.8 Å². The summed E-state index contributed by atoms with van der Waals surface area (Å²) in [5.74, 6) is -0.202. The maximum Gasteiger partial charge on any atom is 0.416 e. The van der Waals surface area contributed by atoms with Crippen LogP contribution in [0.3, 0.4) is 0 Å². The number of hydrogen-bond acceptors (Lipinski definition) is 3. The third kappa shape index (κ3) is 4.91. The van der Waals surface area contributed by atoms with Gasteiger partial charge in [0.25, 0.3) is 0 Å². The summed E-state index contributed by atoms with van der Waals surface area (Å²) >= 11 is 0. The molecule has 0 saturated carbocycles. The molecule has 26 heavy (non-hydrogen) atoms. The second-order valence-corrected chi connectivity index (χ2v) is 5.67. The number of benzene rings is 2. The molecule has 7 heteroatoms. The van der Waals surface area contributed by atoms with E-state index in [2.05, 4.69) is 0 Å². The zero-order chi connectivity index (χ0) is 19.3. The average molecular weight is 367 g/mol. The van der Waals surface area contributed by atoms with Crippen LogP contribution in [-0.4, -0.2) is 24.2 Å². The van der Waals surface area contributed by atoms with Crippen LogP contribution in [0.5, 0.6) is 11.5 Å². The second-order valence-electron chi connectivity index (χ2n) is 5.67. The zero-order valence-corrected chi connectivity index (χ0v) is 14.5. The maximum atomic E-state index is 12.7. The van der Waals surface area contributed by atoms with Crippen LogP contribution in [0, 0.1) is 0 Å². The van der Waals surface area contributed by atoms with Gasteiger partial charge in [0.1, 0.15) is 5.75 Å². The van der Waals surface area contributed by atoms with E-state index in [9.17, 15) is 18.0 Å². The molecular formula is C19H20F3NO3. The van der Waals surface area contributed by atoms with Gasteiger partial charge in [0.15, 0.2) is 5.75 Å². The normalized spacial score (nSPS) is 11.3. The molecule has 0 aliphatic rings. The highest BCUT2D eigenvalue weighted by Gasteiger charge is 2.30. The Kier molecular flexibility index (Phi) is 6.13. The van der Waals surface area contributed by atoms with E-state index < -0.39 is 17.7 Å². The first-order valence-electron chi connectivity index (χ1n) is 8.19. The largest absolute Gasteiger partial charge is 0.481 e. The van der Waals surface area contributed by atoms with Gasteiger partial charge < -0.3 is 14.7 Å². The number of rotatable bonds is 7. The van der Waals surface area contributed by atoms with Crippen LogP contribution in [0.2, 0.25) is 0 Å². The second kappa shape index (κ2) is 8.12. The average Bonchev–Trinajstić information content (AvgIpc) is 2.57. The van der Waals surface area contributed by atoms with Crippen molar-refractivity contribution in [2.24, 2.45) is 0 Å². The van der Waals surface area contributed by atoms with Crippen molar-refractivity contribution in [3.05, 3.63) is 53.6 Å². The first kappa shape index (κ1) is 19.6. The molecule has 0 aromatic heterocycles. The molecule has 0 spiro atoms. The highest BCUT2D eigenvalue weighted by Crippen LogP contribution is 2.35. The molecule has 2 aromatic rings. The van der Waals surface area contributed by atoms with Crippen molar-refractivity contribution in [1.82, 2.24) is 0 Å². The van der Waals surface area contributed by atoms with Gasteiger partial charge in [-0.15, -0.1) is 0 Å². The SMILES string of the molecule is CCN(CC)c1cc(CC(=O)O)ccc1Oc1ccc(C(F)(F)F)cc1. The van der Waals surface area contributed by atoms with Gasteiger partial charge in [-0.2, -0.15) is 13.2 Å². The third-order valence-corrected chi connectivity index (χ3v) is 3.89. The van der Waals surface area contributed by atoms with Gasteiger partial charge in [-0.1, -0.05) is 6.07 Å². The van der Waals surface area contributed by atoms with E-state index >= 15 is 0 Å². The molecule has 1 N–H and O–H groups in total. The van der Waals surface area contributed by atoms with Crippen molar-refractivity contribution < 1.29 is 27.8 Å². The predicted octanol–water partition coefficient (Wildman–Crippen LogP) is 4.97. The highest BCUT2D eigenvalue weighted by atomic mass is 19.4. The molecule has 140 valence electrons. The van der Waals surface area contributed by atoms with E-state index in [0.717, 1.165) is 12.1 Å². The Bertz CT molecular complexity index is 754. The Morgan fingerprint density at radius 3 is 2.19 bits per heavy atom. The van der Waals surface area contributed by atoms with Gasteiger partial charge >= 0.3 is 12.1 Å². The molecule has 0 fully saturated rings. The molecule has 0 aliphatic heterocycles. The van der Waals surface area contributed by atoms with E-state index in [1.807, 2.05) is 18.7 Å². The van der Waals surface area contributed by atoms with Crippen LogP contribution < -0.4 is 9.64 Å². The number of alkyl halides is 3. The molecule has 0 unspecified atom stereocenters. The Morgan fingerprint density at radius 1 is 1.08 bits per heavy atom. The molecule has 0 atom stereocenters. The van der Waals surface area contributed by atoms with Crippen molar-refractivity contribution in [2.45, 2.75) is 26.4 Å². The van der Waals surface area contributed by atoms with E-state index in [-0.39, 0.29) is 12.2 Å². The smallest absolute Gasteiger partial charge is 0.416 e. The molecule has 0 amide bonds. The minimum atomic E-state index is -4.40. The number of carboxylic acids is 1. The van der Waals surface area contributed by atoms with Crippen LogP contribution in [-0.2, 0) is 17.4 Å². The van der Waals surface area contributed by atoms with Crippen LogP contribution in [0.25, 0.3) is 0 Å². The molecule has 0 aliphatic carbocycles. The van der Waals surface area contributed by atoms with Crippen molar-refractivity contribution in [3.63, 3.8) is 0 Å². The zero-order valence-electron chi connectivity index (χ0n) is 14.5. The summed E-state index contributed by atoms with van der Waals surface area (Å²) < 4.78 is 43.7. The maximum absolute atomic E-state index is 12.7. The highest BCUT2D eigenvalue weighted by molar-refractivity contribution is 5.72. The summed E-state index contributed by atoms with van der Waals surface area (Å²) in [6.45, 7) is 5.26. The Labute approximate surface area is 149 Å². The van der Waals surface area contributed by atoms with E-state index in [0.29, 0.717) is 30.1 Å². The fraction of sp³-hybridized carbons (Fsp3) is 0.316. The lowest BCUT2D eigenvalue weighted by molar-refractivity contribution is -0.138. The number of carbonyl (C=O) groups is 1. The summed E-state index contributed by atoms with van der Waals surface area (Å²) in [5.41, 5.74) is 0.582. The van der Waals surface area contributed by atoms with Gasteiger partial charge in [0.2, 0.25) is 0 Å². The van der Waals surface area contributed by atoms with Crippen LogP contribution >= 0.6 is 0 Å². The van der Waals surface area contributed by atoms with Gasteiger partial charge in [-0.3, -0.25) is 4.79 Å². The molecular weight excluding hydrogens is 347 g/mol. The van der Waals surface area contributed by atoms with Crippen LogP contribution in [0.1, 0.15) is 25.0 Å². The molecule has 2 rings (SSSR count). The quantitative estimate of drug-likeness (QED) is 0.751. The number of hydrogen-bond donors (Lipinski definition) is 1. The monoisotopic (exact) mass is 367 g/mol.